The van der Waals surface area contributed by atoms with Crippen molar-refractivity contribution in [3.63, 3.8) is 0 Å². The van der Waals surface area contributed by atoms with Gasteiger partial charge in [0.1, 0.15) is 24.7 Å². The summed E-state index contributed by atoms with van der Waals surface area (Å²) in [4.78, 5) is 11.7. The van der Waals surface area contributed by atoms with Crippen molar-refractivity contribution in [3.05, 3.63) is 60.2 Å². The molecule has 0 heterocycles. The Morgan fingerprint density at radius 3 is 2.24 bits per heavy atom. The van der Waals surface area contributed by atoms with Gasteiger partial charge in [0.25, 0.3) is 0 Å². The van der Waals surface area contributed by atoms with E-state index in [0.29, 0.717) is 12.4 Å². The van der Waals surface area contributed by atoms with Gasteiger partial charge in [-0.1, -0.05) is 30.3 Å². The monoisotopic (exact) mass is 286 g/mol. The lowest BCUT2D eigenvalue weighted by molar-refractivity contribution is -0.126. The van der Waals surface area contributed by atoms with Crippen LogP contribution in [-0.2, 0) is 16.1 Å². The van der Waals surface area contributed by atoms with E-state index in [9.17, 15) is 4.79 Å². The van der Waals surface area contributed by atoms with Crippen molar-refractivity contribution < 1.29 is 19.0 Å². The Morgan fingerprint density at radius 2 is 1.57 bits per heavy atom. The number of ether oxygens (including phenoxy) is 3. The van der Waals surface area contributed by atoms with E-state index < -0.39 is 0 Å². The first-order chi connectivity index (χ1) is 10.3. The van der Waals surface area contributed by atoms with E-state index in [1.165, 1.54) is 0 Å². The minimum Gasteiger partial charge on any atom is -0.497 e. The number of methoxy groups -OCH3 is 1. The molecule has 0 saturated carbocycles. The van der Waals surface area contributed by atoms with Gasteiger partial charge in [0.05, 0.1) is 13.7 Å². The number of benzene rings is 2. The number of carbonyl (C=O) groups excluding carboxylic acids is 1. The third-order valence-electron chi connectivity index (χ3n) is 2.83. The predicted molar refractivity (Wildman–Crippen MR) is 79.6 cm³/mol. The molecule has 0 aliphatic carbocycles. The summed E-state index contributed by atoms with van der Waals surface area (Å²) < 4.78 is 15.8. The van der Waals surface area contributed by atoms with E-state index in [-0.39, 0.29) is 19.0 Å². The summed E-state index contributed by atoms with van der Waals surface area (Å²) in [6.45, 7) is 0.473. The highest BCUT2D eigenvalue weighted by molar-refractivity contribution is 5.81. The van der Waals surface area contributed by atoms with Gasteiger partial charge < -0.3 is 14.2 Å². The van der Waals surface area contributed by atoms with Gasteiger partial charge in [-0.25, -0.2) is 0 Å². The van der Waals surface area contributed by atoms with Crippen LogP contribution in [-0.4, -0.2) is 26.1 Å². The van der Waals surface area contributed by atoms with Crippen LogP contribution in [0.1, 0.15) is 5.56 Å². The molecule has 0 fully saturated rings. The second-order valence-corrected chi connectivity index (χ2v) is 4.48. The molecule has 2 aromatic carbocycles. The normalized spacial score (nSPS) is 10.1. The zero-order valence-electron chi connectivity index (χ0n) is 12.0. The van der Waals surface area contributed by atoms with Crippen LogP contribution in [0.5, 0.6) is 11.5 Å². The first-order valence-corrected chi connectivity index (χ1v) is 6.68. The van der Waals surface area contributed by atoms with Crippen LogP contribution in [0.2, 0.25) is 0 Å². The lowest BCUT2D eigenvalue weighted by Gasteiger charge is -2.07. The summed E-state index contributed by atoms with van der Waals surface area (Å²) in [5.41, 5.74) is 1.04. The molecule has 0 saturated heterocycles. The second kappa shape index (κ2) is 8.07. The van der Waals surface area contributed by atoms with Gasteiger partial charge >= 0.3 is 0 Å². The average molecular weight is 286 g/mol. The fourth-order valence-corrected chi connectivity index (χ4v) is 1.73. The summed E-state index contributed by atoms with van der Waals surface area (Å²) >= 11 is 0. The Bertz CT molecular complexity index is 549. The van der Waals surface area contributed by atoms with Crippen molar-refractivity contribution in [2.45, 2.75) is 6.61 Å². The van der Waals surface area contributed by atoms with Gasteiger partial charge in [-0.2, -0.15) is 0 Å². The van der Waals surface area contributed by atoms with Gasteiger partial charge in [-0.15, -0.1) is 0 Å². The third-order valence-corrected chi connectivity index (χ3v) is 2.83. The molecule has 2 rings (SSSR count). The maximum atomic E-state index is 11.7. The average Bonchev–Trinajstić information content (AvgIpc) is 2.54. The predicted octanol–water partition coefficient (Wildman–Crippen LogP) is 2.86. The molecule has 0 radical (unpaired) electrons. The van der Waals surface area contributed by atoms with Gasteiger partial charge in [-0.05, 0) is 29.8 Å². The molecule has 4 nitrogen and oxygen atoms in total. The molecular weight excluding hydrogens is 268 g/mol. The standard InChI is InChI=1S/C17H18O4/c1-19-16-7-9-17(10-8-16)21-13-15(18)12-20-11-14-5-3-2-4-6-14/h2-10H,11-13H2,1H3. The van der Waals surface area contributed by atoms with E-state index >= 15 is 0 Å². The minimum absolute atomic E-state index is 0.00111. The highest BCUT2D eigenvalue weighted by Crippen LogP contribution is 2.16. The van der Waals surface area contributed by atoms with Crippen LogP contribution in [0.25, 0.3) is 0 Å². The Morgan fingerprint density at radius 1 is 0.905 bits per heavy atom. The lowest BCUT2D eigenvalue weighted by Crippen LogP contribution is -2.17. The van der Waals surface area contributed by atoms with E-state index in [1.54, 1.807) is 31.4 Å². The number of rotatable bonds is 8. The number of hydrogen-bond donors (Lipinski definition) is 0. The fourth-order valence-electron chi connectivity index (χ4n) is 1.73. The molecule has 110 valence electrons. The van der Waals surface area contributed by atoms with Gasteiger partial charge in [0, 0.05) is 0 Å². The second-order valence-electron chi connectivity index (χ2n) is 4.48. The Balaban J connectivity index is 1.67. The van der Waals surface area contributed by atoms with Gasteiger partial charge in [-0.3, -0.25) is 4.79 Å². The molecule has 0 N–H and O–H groups in total. The van der Waals surface area contributed by atoms with Crippen molar-refractivity contribution in [2.24, 2.45) is 0 Å². The van der Waals surface area contributed by atoms with Crippen molar-refractivity contribution in [1.82, 2.24) is 0 Å². The van der Waals surface area contributed by atoms with E-state index in [4.69, 9.17) is 14.2 Å². The first kappa shape index (κ1) is 15.1. The van der Waals surface area contributed by atoms with E-state index in [0.717, 1.165) is 11.3 Å². The third kappa shape index (κ3) is 5.28. The van der Waals surface area contributed by atoms with Crippen LogP contribution in [0.15, 0.2) is 54.6 Å². The molecule has 0 aromatic heterocycles. The molecule has 4 heteroatoms. The Hall–Kier alpha value is -2.33. The maximum Gasteiger partial charge on any atom is 0.195 e. The molecule has 0 atom stereocenters. The number of ketones is 1. The highest BCUT2D eigenvalue weighted by atomic mass is 16.5. The maximum absolute atomic E-state index is 11.7. The summed E-state index contributed by atoms with van der Waals surface area (Å²) in [5.74, 6) is 1.29. The van der Waals surface area contributed by atoms with Crippen LogP contribution in [0.3, 0.4) is 0 Å². The topological polar surface area (TPSA) is 44.8 Å². The van der Waals surface area contributed by atoms with Gasteiger partial charge in [0.15, 0.2) is 5.78 Å². The number of Topliss-reactive ketones (excluding diaryl/α,β-unsaturated/α-hetero) is 1. The Kier molecular flexibility index (Phi) is 5.79. The van der Waals surface area contributed by atoms with Crippen LogP contribution in [0.4, 0.5) is 0 Å². The largest absolute Gasteiger partial charge is 0.497 e. The summed E-state index contributed by atoms with van der Waals surface area (Å²) in [7, 11) is 1.60. The summed E-state index contributed by atoms with van der Waals surface area (Å²) in [5, 5.41) is 0. The van der Waals surface area contributed by atoms with E-state index in [1.807, 2.05) is 30.3 Å². The Labute approximate surface area is 124 Å². The molecule has 0 unspecified atom stereocenters. The number of carbonyl (C=O) groups is 1. The highest BCUT2D eigenvalue weighted by Gasteiger charge is 2.04. The number of hydrogen-bond acceptors (Lipinski definition) is 4. The van der Waals surface area contributed by atoms with Crippen molar-refractivity contribution in [1.29, 1.82) is 0 Å². The van der Waals surface area contributed by atoms with Gasteiger partial charge in [0.2, 0.25) is 0 Å². The van der Waals surface area contributed by atoms with E-state index in [2.05, 4.69) is 0 Å². The smallest absolute Gasteiger partial charge is 0.195 e. The molecule has 2 aromatic rings. The molecule has 21 heavy (non-hydrogen) atoms. The SMILES string of the molecule is COc1ccc(OCC(=O)COCc2ccccc2)cc1. The van der Waals surface area contributed by atoms with Crippen LogP contribution >= 0.6 is 0 Å². The quantitative estimate of drug-likeness (QED) is 0.748. The molecule has 0 aliphatic rings. The summed E-state index contributed by atoms with van der Waals surface area (Å²) in [6.07, 6.45) is 0. The molecule has 0 amide bonds. The zero-order valence-corrected chi connectivity index (χ0v) is 12.0. The fraction of sp³-hybridized carbons (Fsp3) is 0.235. The lowest BCUT2D eigenvalue weighted by atomic mass is 10.2. The van der Waals surface area contributed by atoms with Crippen molar-refractivity contribution in [2.75, 3.05) is 20.3 Å². The molecular formula is C17H18O4. The molecule has 0 aliphatic heterocycles. The first-order valence-electron chi connectivity index (χ1n) is 6.68. The molecule has 0 bridgehead atoms. The minimum atomic E-state index is -0.0956. The van der Waals surface area contributed by atoms with Crippen LogP contribution in [0, 0.1) is 0 Å². The van der Waals surface area contributed by atoms with Crippen molar-refractivity contribution >= 4 is 5.78 Å². The van der Waals surface area contributed by atoms with Crippen LogP contribution < -0.4 is 9.47 Å². The van der Waals surface area contributed by atoms with Crippen molar-refractivity contribution in [3.8, 4) is 11.5 Å². The molecule has 0 spiro atoms. The zero-order chi connectivity index (χ0) is 14.9. The summed E-state index contributed by atoms with van der Waals surface area (Å²) in [6, 6.07) is 16.8.